The van der Waals surface area contributed by atoms with Crippen molar-refractivity contribution in [2.24, 2.45) is 0 Å². The highest BCUT2D eigenvalue weighted by Crippen LogP contribution is 2.30. The van der Waals surface area contributed by atoms with Crippen molar-refractivity contribution in [3.05, 3.63) is 54.1 Å². The van der Waals surface area contributed by atoms with E-state index in [2.05, 4.69) is 14.9 Å². The number of amides is 1. The smallest absolute Gasteiger partial charge is 0.378 e. The van der Waals surface area contributed by atoms with E-state index < -0.39 is 38.6 Å². The molecule has 1 saturated heterocycles. The number of carbonyl (C=O) groups is 1. The van der Waals surface area contributed by atoms with Gasteiger partial charge < -0.3 is 15.0 Å². The fourth-order valence-electron chi connectivity index (χ4n) is 3.38. The minimum Gasteiger partial charge on any atom is -0.378 e. The molecule has 186 valence electrons. The average Bonchev–Trinajstić information content (AvgIpc) is 2.82. The number of nitrogens with one attached hydrogen (secondary N) is 2. The third-order valence-corrected chi connectivity index (χ3v) is 7.32. The van der Waals surface area contributed by atoms with E-state index in [1.807, 2.05) is 12.1 Å². The molecule has 34 heavy (non-hydrogen) atoms. The number of carbonyl (C=O) groups excluding carboxylic acids is 1. The van der Waals surface area contributed by atoms with Crippen molar-refractivity contribution in [3.63, 3.8) is 0 Å². The first-order valence-electron chi connectivity index (χ1n) is 10.5. The van der Waals surface area contributed by atoms with Crippen LogP contribution in [0.3, 0.4) is 0 Å². The van der Waals surface area contributed by atoms with E-state index in [-0.39, 0.29) is 6.42 Å². The number of anilines is 2. The van der Waals surface area contributed by atoms with Crippen molar-refractivity contribution in [2.45, 2.75) is 23.5 Å². The van der Waals surface area contributed by atoms with Gasteiger partial charge in [-0.3, -0.25) is 4.79 Å². The van der Waals surface area contributed by atoms with E-state index in [0.717, 1.165) is 37.0 Å². The van der Waals surface area contributed by atoms with E-state index in [4.69, 9.17) is 4.74 Å². The molecule has 0 aromatic heterocycles. The maximum atomic E-state index is 13.0. The highest BCUT2D eigenvalue weighted by atomic mass is 32.2. The molecule has 0 radical (unpaired) electrons. The molecule has 7 nitrogen and oxygen atoms in total. The zero-order chi connectivity index (χ0) is 24.8. The highest BCUT2D eigenvalue weighted by molar-refractivity contribution is 7.98. The van der Waals surface area contributed by atoms with Gasteiger partial charge in [-0.2, -0.15) is 29.7 Å². The minimum absolute atomic E-state index is 0.164. The van der Waals surface area contributed by atoms with Crippen LogP contribution in [0.15, 0.2) is 53.4 Å². The average molecular weight is 518 g/mol. The van der Waals surface area contributed by atoms with Crippen LogP contribution in [-0.2, 0) is 25.7 Å². The third kappa shape index (κ3) is 7.11. The van der Waals surface area contributed by atoms with Gasteiger partial charge in [-0.25, -0.2) is 8.42 Å². The predicted molar refractivity (Wildman–Crippen MR) is 127 cm³/mol. The molecule has 12 heteroatoms. The van der Waals surface area contributed by atoms with Crippen molar-refractivity contribution < 1.29 is 31.1 Å². The van der Waals surface area contributed by atoms with Crippen LogP contribution in [0.2, 0.25) is 0 Å². The summed E-state index contributed by atoms with van der Waals surface area (Å²) >= 11 is 1.42. The SMILES string of the molecule is CSCC[C@@H](NS(=O)(=O)c1cccc(C(F)(F)F)c1)C(=O)Nc1ccc(N2CCOCC2)cc1. The molecular weight excluding hydrogens is 491 g/mol. The third-order valence-electron chi connectivity index (χ3n) is 5.21. The first-order valence-corrected chi connectivity index (χ1v) is 13.4. The lowest BCUT2D eigenvalue weighted by atomic mass is 10.2. The van der Waals surface area contributed by atoms with E-state index in [1.54, 1.807) is 18.4 Å². The fraction of sp³-hybridized carbons (Fsp3) is 0.409. The summed E-state index contributed by atoms with van der Waals surface area (Å²) < 4.78 is 72.2. The maximum absolute atomic E-state index is 13.0. The molecule has 2 N–H and O–H groups in total. The monoisotopic (exact) mass is 517 g/mol. The van der Waals surface area contributed by atoms with Gasteiger partial charge >= 0.3 is 6.18 Å². The van der Waals surface area contributed by atoms with Gasteiger partial charge in [0.05, 0.1) is 23.7 Å². The summed E-state index contributed by atoms with van der Waals surface area (Å²) in [7, 11) is -4.37. The quantitative estimate of drug-likeness (QED) is 0.529. The molecule has 1 amide bonds. The summed E-state index contributed by atoms with van der Waals surface area (Å²) in [4.78, 5) is 14.5. The van der Waals surface area contributed by atoms with Crippen LogP contribution >= 0.6 is 11.8 Å². The van der Waals surface area contributed by atoms with Gasteiger partial charge in [0.1, 0.15) is 6.04 Å². The molecule has 1 aliphatic heterocycles. The number of thioether (sulfide) groups is 1. The minimum atomic E-state index is -4.69. The van der Waals surface area contributed by atoms with Gasteiger partial charge in [0, 0.05) is 24.5 Å². The number of halogens is 3. The molecule has 1 fully saturated rings. The van der Waals surface area contributed by atoms with Crippen LogP contribution in [0.25, 0.3) is 0 Å². The van der Waals surface area contributed by atoms with Gasteiger partial charge in [-0.15, -0.1) is 0 Å². The summed E-state index contributed by atoms with van der Waals surface area (Å²) in [6.45, 7) is 2.81. The number of rotatable bonds is 9. The number of alkyl halides is 3. The van der Waals surface area contributed by atoms with Crippen LogP contribution in [-0.4, -0.2) is 58.7 Å². The van der Waals surface area contributed by atoms with Crippen molar-refractivity contribution in [1.29, 1.82) is 0 Å². The van der Waals surface area contributed by atoms with Gasteiger partial charge in [0.15, 0.2) is 0 Å². The molecule has 0 aliphatic carbocycles. The molecule has 3 rings (SSSR count). The molecule has 1 atom stereocenters. The molecule has 0 saturated carbocycles. The topological polar surface area (TPSA) is 87.7 Å². The maximum Gasteiger partial charge on any atom is 0.416 e. The van der Waals surface area contributed by atoms with Crippen LogP contribution in [0, 0.1) is 0 Å². The summed E-state index contributed by atoms with van der Waals surface area (Å²) in [6.07, 6.45) is -2.72. The van der Waals surface area contributed by atoms with E-state index in [0.29, 0.717) is 30.7 Å². The number of hydrogen-bond donors (Lipinski definition) is 2. The summed E-state index contributed by atoms with van der Waals surface area (Å²) in [6, 6.07) is 9.40. The van der Waals surface area contributed by atoms with Crippen molar-refractivity contribution >= 4 is 39.1 Å². The molecule has 1 heterocycles. The predicted octanol–water partition coefficient (Wildman–Crippen LogP) is 3.58. The lowest BCUT2D eigenvalue weighted by molar-refractivity contribution is -0.137. The van der Waals surface area contributed by atoms with E-state index in [9.17, 15) is 26.4 Å². The lowest BCUT2D eigenvalue weighted by Gasteiger charge is -2.29. The summed E-state index contributed by atoms with van der Waals surface area (Å²) in [5, 5.41) is 2.69. The summed E-state index contributed by atoms with van der Waals surface area (Å²) in [5.41, 5.74) is 0.376. The second-order valence-electron chi connectivity index (χ2n) is 7.62. The zero-order valence-corrected chi connectivity index (χ0v) is 20.1. The van der Waals surface area contributed by atoms with Gasteiger partial charge in [0.2, 0.25) is 15.9 Å². The Labute approximate surface area is 201 Å². The molecule has 0 unspecified atom stereocenters. The first-order chi connectivity index (χ1) is 16.1. The first kappa shape index (κ1) is 26.3. The Balaban J connectivity index is 1.72. The molecular formula is C22H26F3N3O4S2. The highest BCUT2D eigenvalue weighted by Gasteiger charge is 2.32. The Morgan fingerprint density at radius 1 is 1.15 bits per heavy atom. The Kier molecular flexibility index (Phi) is 8.85. The molecule has 0 spiro atoms. The van der Waals surface area contributed by atoms with Crippen LogP contribution < -0.4 is 14.9 Å². The lowest BCUT2D eigenvalue weighted by Crippen LogP contribution is -2.44. The number of ether oxygens (including phenoxy) is 1. The number of hydrogen-bond acceptors (Lipinski definition) is 6. The standard InChI is InChI=1S/C22H26F3N3O4S2/c1-33-14-9-20(27-34(30,31)19-4-2-3-16(15-19)22(23,24)25)21(29)26-17-5-7-18(8-6-17)28-10-12-32-13-11-28/h2-8,15,20,27H,9-14H2,1H3,(H,26,29)/t20-/m1/s1. The fourth-order valence-corrected chi connectivity index (χ4v) is 5.13. The number of morpholine rings is 1. The molecule has 0 bridgehead atoms. The Hall–Kier alpha value is -2.28. The van der Waals surface area contributed by atoms with Crippen molar-refractivity contribution in [3.8, 4) is 0 Å². The number of nitrogens with zero attached hydrogens (tertiary/aromatic N) is 1. The number of sulfonamides is 1. The van der Waals surface area contributed by atoms with Crippen LogP contribution in [0.5, 0.6) is 0 Å². The van der Waals surface area contributed by atoms with E-state index in [1.165, 1.54) is 11.8 Å². The summed E-state index contributed by atoms with van der Waals surface area (Å²) in [5.74, 6) is -0.122. The molecule has 2 aromatic rings. The van der Waals surface area contributed by atoms with Crippen LogP contribution in [0.1, 0.15) is 12.0 Å². The van der Waals surface area contributed by atoms with Gasteiger partial charge in [-0.1, -0.05) is 6.07 Å². The van der Waals surface area contributed by atoms with Crippen molar-refractivity contribution in [2.75, 3.05) is 48.5 Å². The molecule has 1 aliphatic rings. The second-order valence-corrected chi connectivity index (χ2v) is 10.3. The Bertz CT molecular complexity index is 1070. The zero-order valence-electron chi connectivity index (χ0n) is 18.5. The second kappa shape index (κ2) is 11.4. The number of benzene rings is 2. The van der Waals surface area contributed by atoms with E-state index >= 15 is 0 Å². The van der Waals surface area contributed by atoms with Gasteiger partial charge in [0.25, 0.3) is 0 Å². The normalized spacial score (nSPS) is 15.7. The van der Waals surface area contributed by atoms with Gasteiger partial charge in [-0.05, 0) is 60.9 Å². The Morgan fingerprint density at radius 2 is 1.82 bits per heavy atom. The molecule has 2 aromatic carbocycles. The largest absolute Gasteiger partial charge is 0.416 e. The van der Waals surface area contributed by atoms with Crippen LogP contribution in [0.4, 0.5) is 24.5 Å². The Morgan fingerprint density at radius 3 is 2.44 bits per heavy atom. The van der Waals surface area contributed by atoms with Crippen molar-refractivity contribution in [1.82, 2.24) is 4.72 Å².